The number of hydrogen-bond donors (Lipinski definition) is 1. The number of benzene rings is 2. The molecule has 2 aromatic rings. The van der Waals surface area contributed by atoms with Gasteiger partial charge in [0.25, 0.3) is 0 Å². The molecule has 0 aliphatic carbocycles. The van der Waals surface area contributed by atoms with Crippen LogP contribution < -0.4 is 5.32 Å². The molecule has 1 fully saturated rings. The van der Waals surface area contributed by atoms with Crippen molar-refractivity contribution in [2.24, 2.45) is 0 Å². The summed E-state index contributed by atoms with van der Waals surface area (Å²) in [6.45, 7) is 4.05. The van der Waals surface area contributed by atoms with Crippen LogP contribution in [0.4, 0.5) is 10.1 Å². The minimum absolute atomic E-state index is 0.311. The summed E-state index contributed by atoms with van der Waals surface area (Å²) in [7, 11) is 0. The number of nitrogens with one attached hydrogen (secondary N) is 1. The normalized spacial score (nSPS) is 15.2. The Labute approximate surface area is 162 Å². The van der Waals surface area contributed by atoms with Crippen LogP contribution in [0.15, 0.2) is 42.5 Å². The molecule has 3 nitrogen and oxygen atoms in total. The number of rotatable bonds is 3. The Balaban J connectivity index is 1.53. The van der Waals surface area contributed by atoms with Crippen molar-refractivity contribution in [3.8, 4) is 0 Å². The molecule has 1 heterocycles. The molecule has 3 rings (SSSR count). The van der Waals surface area contributed by atoms with Crippen molar-refractivity contribution in [1.82, 2.24) is 9.80 Å². The fourth-order valence-corrected chi connectivity index (χ4v) is 3.46. The summed E-state index contributed by atoms with van der Waals surface area (Å²) in [6.07, 6.45) is 0. The minimum atomic E-state index is -0.311. The molecule has 7 heteroatoms. The number of nitrogens with zero attached hydrogens (tertiary/aromatic N) is 2. The van der Waals surface area contributed by atoms with Gasteiger partial charge in [0, 0.05) is 37.7 Å². The highest BCUT2D eigenvalue weighted by Gasteiger charge is 2.20. The second kappa shape index (κ2) is 8.32. The predicted molar refractivity (Wildman–Crippen MR) is 106 cm³/mol. The first kappa shape index (κ1) is 18.4. The number of anilines is 1. The summed E-state index contributed by atoms with van der Waals surface area (Å²) >= 11 is 17.8. The maximum Gasteiger partial charge on any atom is 0.173 e. The molecule has 1 saturated heterocycles. The van der Waals surface area contributed by atoms with E-state index in [1.165, 1.54) is 12.1 Å². The van der Waals surface area contributed by atoms with E-state index >= 15 is 0 Å². The Morgan fingerprint density at radius 1 is 1.04 bits per heavy atom. The third-order valence-electron chi connectivity index (χ3n) is 4.18. The smallest absolute Gasteiger partial charge is 0.173 e. The number of para-hydroxylation sites is 1. The van der Waals surface area contributed by atoms with E-state index in [9.17, 15) is 4.39 Å². The lowest BCUT2D eigenvalue weighted by Gasteiger charge is -2.36. The lowest BCUT2D eigenvalue weighted by atomic mass is 10.2. The van der Waals surface area contributed by atoms with Crippen molar-refractivity contribution >= 4 is 46.2 Å². The van der Waals surface area contributed by atoms with Gasteiger partial charge in [0.2, 0.25) is 0 Å². The first-order valence-electron chi connectivity index (χ1n) is 7.99. The van der Waals surface area contributed by atoms with Crippen LogP contribution in [-0.4, -0.2) is 41.1 Å². The molecule has 0 bridgehead atoms. The zero-order valence-corrected chi connectivity index (χ0v) is 15.8. The number of piperazine rings is 1. The van der Waals surface area contributed by atoms with Crippen molar-refractivity contribution in [1.29, 1.82) is 0 Å². The van der Waals surface area contributed by atoms with Crippen LogP contribution in [-0.2, 0) is 6.54 Å². The van der Waals surface area contributed by atoms with Gasteiger partial charge in [0.1, 0.15) is 5.82 Å². The highest BCUT2D eigenvalue weighted by atomic mass is 35.5. The zero-order chi connectivity index (χ0) is 17.8. The molecule has 0 amide bonds. The van der Waals surface area contributed by atoms with Crippen LogP contribution in [0.25, 0.3) is 0 Å². The first-order valence-corrected chi connectivity index (χ1v) is 9.16. The Kier molecular flexibility index (Phi) is 6.12. The molecule has 1 N–H and O–H groups in total. The molecule has 0 radical (unpaired) electrons. The van der Waals surface area contributed by atoms with Gasteiger partial charge in [-0.1, -0.05) is 41.4 Å². The Bertz CT molecular complexity index is 764. The summed E-state index contributed by atoms with van der Waals surface area (Å²) < 4.78 is 13.1. The van der Waals surface area contributed by atoms with Crippen LogP contribution in [0.2, 0.25) is 10.0 Å². The second-order valence-electron chi connectivity index (χ2n) is 5.91. The predicted octanol–water partition coefficient (Wildman–Crippen LogP) is 4.65. The van der Waals surface area contributed by atoms with Gasteiger partial charge in [-0.3, -0.25) is 4.90 Å². The highest BCUT2D eigenvalue weighted by Crippen LogP contribution is 2.22. The van der Waals surface area contributed by atoms with E-state index in [0.29, 0.717) is 21.7 Å². The zero-order valence-electron chi connectivity index (χ0n) is 13.5. The molecule has 25 heavy (non-hydrogen) atoms. The molecule has 0 spiro atoms. The van der Waals surface area contributed by atoms with E-state index in [2.05, 4.69) is 15.1 Å². The monoisotopic (exact) mass is 397 g/mol. The van der Waals surface area contributed by atoms with Gasteiger partial charge in [-0.25, -0.2) is 4.39 Å². The fourth-order valence-electron chi connectivity index (χ4n) is 2.76. The van der Waals surface area contributed by atoms with Crippen LogP contribution in [0.3, 0.4) is 0 Å². The third kappa shape index (κ3) is 4.82. The SMILES string of the molecule is Fc1ccc(CN2CCN(C(=S)Nc3ccccc3Cl)CC2)c(Cl)c1. The van der Waals surface area contributed by atoms with Crippen molar-refractivity contribution in [3.05, 3.63) is 63.9 Å². The van der Waals surface area contributed by atoms with E-state index in [-0.39, 0.29) is 5.82 Å². The lowest BCUT2D eigenvalue weighted by Crippen LogP contribution is -2.49. The van der Waals surface area contributed by atoms with Crippen molar-refractivity contribution in [2.45, 2.75) is 6.54 Å². The van der Waals surface area contributed by atoms with Gasteiger partial charge >= 0.3 is 0 Å². The second-order valence-corrected chi connectivity index (χ2v) is 7.11. The molecular weight excluding hydrogens is 380 g/mol. The summed E-state index contributed by atoms with van der Waals surface area (Å²) in [4.78, 5) is 4.41. The standard InChI is InChI=1S/C18H18Cl2FN3S/c19-15-3-1-2-4-17(15)22-18(25)24-9-7-23(8-10-24)12-13-5-6-14(21)11-16(13)20/h1-6,11H,7-10,12H2,(H,22,25). The molecule has 1 aliphatic heterocycles. The fraction of sp³-hybridized carbons (Fsp3) is 0.278. The van der Waals surface area contributed by atoms with E-state index < -0.39 is 0 Å². The Morgan fingerprint density at radius 2 is 1.76 bits per heavy atom. The Morgan fingerprint density at radius 3 is 2.44 bits per heavy atom. The van der Waals surface area contributed by atoms with Gasteiger partial charge in [0.05, 0.1) is 10.7 Å². The molecule has 132 valence electrons. The first-order chi connectivity index (χ1) is 12.0. The highest BCUT2D eigenvalue weighted by molar-refractivity contribution is 7.80. The average Bonchev–Trinajstić information content (AvgIpc) is 2.60. The van der Waals surface area contributed by atoms with Gasteiger partial charge in [-0.15, -0.1) is 0 Å². The summed E-state index contributed by atoms with van der Waals surface area (Å²) in [6, 6.07) is 12.1. The van der Waals surface area contributed by atoms with E-state index in [0.717, 1.165) is 37.4 Å². The third-order valence-corrected chi connectivity index (χ3v) is 5.23. The minimum Gasteiger partial charge on any atom is -0.346 e. The summed E-state index contributed by atoms with van der Waals surface area (Å²) in [5, 5.41) is 5.00. The number of hydrogen-bond acceptors (Lipinski definition) is 2. The average molecular weight is 398 g/mol. The van der Waals surface area contributed by atoms with Crippen molar-refractivity contribution in [3.63, 3.8) is 0 Å². The van der Waals surface area contributed by atoms with E-state index in [1.807, 2.05) is 24.3 Å². The van der Waals surface area contributed by atoms with E-state index in [1.54, 1.807) is 6.07 Å². The largest absolute Gasteiger partial charge is 0.346 e. The Hall–Kier alpha value is -1.40. The summed E-state index contributed by atoms with van der Waals surface area (Å²) in [5.74, 6) is -0.311. The molecule has 1 aliphatic rings. The van der Waals surface area contributed by atoms with Crippen molar-refractivity contribution < 1.29 is 4.39 Å². The van der Waals surface area contributed by atoms with Crippen LogP contribution >= 0.6 is 35.4 Å². The topological polar surface area (TPSA) is 18.5 Å². The maximum atomic E-state index is 13.1. The molecule has 0 saturated carbocycles. The lowest BCUT2D eigenvalue weighted by molar-refractivity contribution is 0.177. The quantitative estimate of drug-likeness (QED) is 0.759. The van der Waals surface area contributed by atoms with Crippen LogP contribution in [0.5, 0.6) is 0 Å². The van der Waals surface area contributed by atoms with E-state index in [4.69, 9.17) is 35.4 Å². The van der Waals surface area contributed by atoms with Crippen LogP contribution in [0, 0.1) is 5.82 Å². The van der Waals surface area contributed by atoms with Gasteiger partial charge in [-0.2, -0.15) is 0 Å². The molecule has 2 aromatic carbocycles. The molecular formula is C18H18Cl2FN3S. The molecule has 0 unspecified atom stereocenters. The van der Waals surface area contributed by atoms with Crippen molar-refractivity contribution in [2.75, 3.05) is 31.5 Å². The summed E-state index contributed by atoms with van der Waals surface area (Å²) in [5.41, 5.74) is 1.75. The number of thiocarbonyl (C=S) groups is 1. The van der Waals surface area contributed by atoms with Gasteiger partial charge < -0.3 is 10.2 Å². The maximum absolute atomic E-state index is 13.1. The van der Waals surface area contributed by atoms with Gasteiger partial charge in [-0.05, 0) is 42.0 Å². The molecule has 0 aromatic heterocycles. The van der Waals surface area contributed by atoms with Gasteiger partial charge in [0.15, 0.2) is 5.11 Å². The molecule has 0 atom stereocenters. The van der Waals surface area contributed by atoms with Crippen LogP contribution in [0.1, 0.15) is 5.56 Å². The number of halogens is 3.